The Hall–Kier alpha value is -1.59. The first-order valence-electron chi connectivity index (χ1n) is 30.2. The average Bonchev–Trinajstić information content (AvgIpc) is 3.30. The topological polar surface area (TPSA) is 78.9 Å². The molecular formula is C61H118O6. The third-order valence-corrected chi connectivity index (χ3v) is 14.0. The molecule has 0 spiro atoms. The number of hydrogen-bond donors (Lipinski definition) is 0. The van der Waals surface area contributed by atoms with Gasteiger partial charge in [-0.2, -0.15) is 0 Å². The van der Waals surface area contributed by atoms with E-state index in [1.54, 1.807) is 0 Å². The Morgan fingerprint density at radius 2 is 0.493 bits per heavy atom. The van der Waals surface area contributed by atoms with Crippen molar-refractivity contribution in [2.75, 3.05) is 13.2 Å². The Morgan fingerprint density at radius 1 is 0.284 bits per heavy atom. The maximum absolute atomic E-state index is 12.9. The normalized spacial score (nSPS) is 12.0. The monoisotopic (exact) mass is 947 g/mol. The maximum atomic E-state index is 12.9. The minimum absolute atomic E-state index is 0.0623. The second-order valence-electron chi connectivity index (χ2n) is 21.9. The summed E-state index contributed by atoms with van der Waals surface area (Å²) in [7, 11) is 0. The number of carbonyl (C=O) groups excluding carboxylic acids is 3. The van der Waals surface area contributed by atoms with Gasteiger partial charge < -0.3 is 14.2 Å². The zero-order valence-corrected chi connectivity index (χ0v) is 46.0. The van der Waals surface area contributed by atoms with Gasteiger partial charge in [0, 0.05) is 19.3 Å². The summed E-state index contributed by atoms with van der Waals surface area (Å²) in [5.74, 6) is 0.867. The highest BCUT2D eigenvalue weighted by molar-refractivity contribution is 5.71. The molecule has 0 aromatic carbocycles. The van der Waals surface area contributed by atoms with Gasteiger partial charge in [-0.15, -0.1) is 0 Å². The molecule has 0 N–H and O–H groups in total. The molecule has 67 heavy (non-hydrogen) atoms. The molecule has 0 unspecified atom stereocenters. The average molecular weight is 948 g/mol. The molecule has 0 saturated carbocycles. The molecule has 0 aromatic rings. The van der Waals surface area contributed by atoms with E-state index in [1.807, 2.05) is 0 Å². The number of ether oxygens (including phenoxy) is 3. The molecule has 0 amide bonds. The second kappa shape index (κ2) is 53.8. The summed E-state index contributed by atoms with van der Waals surface area (Å²) in [6.45, 7) is 11.4. The number of esters is 3. The van der Waals surface area contributed by atoms with Crippen LogP contribution in [0, 0.1) is 11.8 Å². The fourth-order valence-corrected chi connectivity index (χ4v) is 9.40. The van der Waals surface area contributed by atoms with Crippen LogP contribution in [0.15, 0.2) is 0 Å². The van der Waals surface area contributed by atoms with Gasteiger partial charge in [0.1, 0.15) is 13.2 Å². The van der Waals surface area contributed by atoms with Gasteiger partial charge in [-0.1, -0.05) is 304 Å². The van der Waals surface area contributed by atoms with Crippen LogP contribution in [0.2, 0.25) is 0 Å². The molecule has 0 saturated heterocycles. The summed E-state index contributed by atoms with van der Waals surface area (Å²) < 4.78 is 16.9. The van der Waals surface area contributed by atoms with Crippen molar-refractivity contribution in [3.63, 3.8) is 0 Å². The maximum Gasteiger partial charge on any atom is 0.306 e. The Bertz CT molecular complexity index is 1020. The highest BCUT2D eigenvalue weighted by atomic mass is 16.6. The third-order valence-electron chi connectivity index (χ3n) is 14.0. The van der Waals surface area contributed by atoms with Crippen molar-refractivity contribution in [3.8, 4) is 0 Å². The first-order chi connectivity index (χ1) is 32.7. The van der Waals surface area contributed by atoms with Crippen LogP contribution in [-0.2, 0) is 28.6 Å². The van der Waals surface area contributed by atoms with E-state index in [1.165, 1.54) is 231 Å². The van der Waals surface area contributed by atoms with Crippen molar-refractivity contribution in [3.05, 3.63) is 0 Å². The van der Waals surface area contributed by atoms with E-state index in [0.29, 0.717) is 19.3 Å². The van der Waals surface area contributed by atoms with Crippen molar-refractivity contribution in [1.82, 2.24) is 0 Å². The highest BCUT2D eigenvalue weighted by Crippen LogP contribution is 2.19. The summed E-state index contributed by atoms with van der Waals surface area (Å²) in [6, 6.07) is 0. The van der Waals surface area contributed by atoms with E-state index in [9.17, 15) is 14.4 Å². The molecule has 1 atom stereocenters. The fraction of sp³-hybridized carbons (Fsp3) is 0.951. The van der Waals surface area contributed by atoms with Crippen molar-refractivity contribution in [2.24, 2.45) is 11.8 Å². The van der Waals surface area contributed by atoms with Gasteiger partial charge in [0.05, 0.1) is 0 Å². The molecule has 6 heteroatoms. The van der Waals surface area contributed by atoms with Crippen LogP contribution < -0.4 is 0 Å². The number of carbonyl (C=O) groups is 3. The minimum Gasteiger partial charge on any atom is -0.462 e. The van der Waals surface area contributed by atoms with Crippen molar-refractivity contribution >= 4 is 17.9 Å². The Kier molecular flexibility index (Phi) is 52.5. The van der Waals surface area contributed by atoms with Gasteiger partial charge in [-0.25, -0.2) is 0 Å². The summed E-state index contributed by atoms with van der Waals surface area (Å²) >= 11 is 0. The number of unbranched alkanes of at least 4 members (excludes halogenated alkanes) is 40. The first kappa shape index (κ1) is 65.4. The van der Waals surface area contributed by atoms with E-state index < -0.39 is 6.10 Å². The number of hydrogen-bond acceptors (Lipinski definition) is 6. The second-order valence-corrected chi connectivity index (χ2v) is 21.9. The summed E-state index contributed by atoms with van der Waals surface area (Å²) in [4.78, 5) is 38.2. The van der Waals surface area contributed by atoms with Crippen molar-refractivity contribution < 1.29 is 28.6 Å². The predicted octanol–water partition coefficient (Wildman–Crippen LogP) is 20.0. The molecule has 0 aliphatic carbocycles. The third kappa shape index (κ3) is 55.2. The molecule has 0 aliphatic rings. The molecular weight excluding hydrogens is 829 g/mol. The minimum atomic E-state index is -0.762. The van der Waals surface area contributed by atoms with E-state index in [2.05, 4.69) is 34.6 Å². The lowest BCUT2D eigenvalue weighted by Gasteiger charge is -2.18. The van der Waals surface area contributed by atoms with Gasteiger partial charge in [0.2, 0.25) is 0 Å². The first-order valence-corrected chi connectivity index (χ1v) is 30.2. The van der Waals surface area contributed by atoms with Crippen molar-refractivity contribution in [1.29, 1.82) is 0 Å². The van der Waals surface area contributed by atoms with E-state index in [0.717, 1.165) is 69.6 Å². The van der Waals surface area contributed by atoms with Gasteiger partial charge in [0.15, 0.2) is 6.10 Å². The largest absolute Gasteiger partial charge is 0.462 e. The molecule has 0 heterocycles. The number of rotatable bonds is 55. The van der Waals surface area contributed by atoms with E-state index in [-0.39, 0.29) is 31.1 Å². The predicted molar refractivity (Wildman–Crippen MR) is 289 cm³/mol. The molecule has 6 nitrogen and oxygen atoms in total. The molecule has 0 rings (SSSR count). The lowest BCUT2D eigenvalue weighted by molar-refractivity contribution is -0.167. The lowest BCUT2D eigenvalue weighted by Crippen LogP contribution is -2.30. The van der Waals surface area contributed by atoms with Crippen LogP contribution in [0.25, 0.3) is 0 Å². The summed E-state index contributed by atoms with van der Waals surface area (Å²) in [5.41, 5.74) is 0. The van der Waals surface area contributed by atoms with Crippen LogP contribution >= 0.6 is 0 Å². The van der Waals surface area contributed by atoms with Crippen LogP contribution in [0.5, 0.6) is 0 Å². The van der Waals surface area contributed by atoms with E-state index in [4.69, 9.17) is 14.2 Å². The smallest absolute Gasteiger partial charge is 0.306 e. The van der Waals surface area contributed by atoms with Crippen LogP contribution in [-0.4, -0.2) is 37.2 Å². The van der Waals surface area contributed by atoms with Crippen LogP contribution in [0.3, 0.4) is 0 Å². The molecule has 398 valence electrons. The zero-order chi connectivity index (χ0) is 48.9. The quantitative estimate of drug-likeness (QED) is 0.0343. The Balaban J connectivity index is 4.23. The highest BCUT2D eigenvalue weighted by Gasteiger charge is 2.19. The van der Waals surface area contributed by atoms with Crippen LogP contribution in [0.1, 0.15) is 343 Å². The van der Waals surface area contributed by atoms with Gasteiger partial charge in [-0.05, 0) is 31.1 Å². The fourth-order valence-electron chi connectivity index (χ4n) is 9.40. The zero-order valence-electron chi connectivity index (χ0n) is 46.0. The molecule has 0 aromatic heterocycles. The Labute approximate surface area is 418 Å². The SMILES string of the molecule is CCCCCCCCCCCCCC(=O)OC[C@H](COC(=O)CCCCCCCCCCCCCCCCC(C)C)OC(=O)CCCCCCCCCCCCCCCCCCCCC(C)C. The molecule has 0 radical (unpaired) electrons. The molecule has 0 fully saturated rings. The van der Waals surface area contributed by atoms with Gasteiger partial charge in [-0.3, -0.25) is 14.4 Å². The summed E-state index contributed by atoms with van der Waals surface area (Å²) in [5, 5.41) is 0. The van der Waals surface area contributed by atoms with Gasteiger partial charge >= 0.3 is 17.9 Å². The summed E-state index contributed by atoms with van der Waals surface area (Å²) in [6.07, 6.45) is 58.1. The lowest BCUT2D eigenvalue weighted by atomic mass is 10.0. The molecule has 0 aliphatic heterocycles. The Morgan fingerprint density at radius 3 is 0.731 bits per heavy atom. The van der Waals surface area contributed by atoms with E-state index >= 15 is 0 Å². The van der Waals surface area contributed by atoms with Crippen LogP contribution in [0.4, 0.5) is 0 Å². The molecule has 0 bridgehead atoms. The van der Waals surface area contributed by atoms with Crippen molar-refractivity contribution in [2.45, 2.75) is 349 Å². The standard InChI is InChI=1S/C61H118O6/c1-6-7-8-9-10-11-24-31-36-41-46-51-59(62)65-54-58(55-66-60(63)52-47-42-37-32-27-22-19-18-21-26-30-35-40-45-50-57(4)5)67-61(64)53-48-43-38-33-28-23-17-15-13-12-14-16-20-25-29-34-39-44-49-56(2)3/h56-58H,6-55H2,1-5H3/t58-/m1/s1. The van der Waals surface area contributed by atoms with Gasteiger partial charge in [0.25, 0.3) is 0 Å².